The number of nitrogens with zero attached hydrogens (tertiary/aromatic N) is 2. The topological polar surface area (TPSA) is 59.6 Å². The van der Waals surface area contributed by atoms with E-state index in [1.54, 1.807) is 6.26 Å². The van der Waals surface area contributed by atoms with Gasteiger partial charge in [0, 0.05) is 31.0 Å². The molecule has 6 nitrogen and oxygen atoms in total. The summed E-state index contributed by atoms with van der Waals surface area (Å²) in [6.45, 7) is 8.38. The molecule has 0 aliphatic carbocycles. The first-order chi connectivity index (χ1) is 14.6. The molecule has 6 heteroatoms. The average molecular weight is 408 g/mol. The van der Waals surface area contributed by atoms with Crippen molar-refractivity contribution in [1.29, 1.82) is 0 Å². The maximum Gasteiger partial charge on any atom is 0.253 e. The van der Waals surface area contributed by atoms with E-state index in [0.29, 0.717) is 18.7 Å². The lowest BCUT2D eigenvalue weighted by atomic mass is 10.0. The largest absolute Gasteiger partial charge is 0.467 e. The summed E-state index contributed by atoms with van der Waals surface area (Å²) in [6.07, 6.45) is 1.67. The number of carbonyl (C=O) groups is 1. The van der Waals surface area contributed by atoms with Crippen LogP contribution in [0.2, 0.25) is 0 Å². The number of nitrogens with one attached hydrogen (secondary N) is 1. The van der Waals surface area contributed by atoms with Gasteiger partial charge in [-0.1, -0.05) is 30.3 Å². The lowest BCUT2D eigenvalue weighted by molar-refractivity contribution is 0.0162. The summed E-state index contributed by atoms with van der Waals surface area (Å²) in [5.41, 5.74) is 3.92. The summed E-state index contributed by atoms with van der Waals surface area (Å²) in [5, 5.41) is 3.18. The zero-order valence-electron chi connectivity index (χ0n) is 17.6. The molecule has 1 N–H and O–H groups in total. The van der Waals surface area contributed by atoms with Gasteiger partial charge in [0.15, 0.2) is 0 Å². The fourth-order valence-corrected chi connectivity index (χ4v) is 4.14. The predicted octanol–water partition coefficient (Wildman–Crippen LogP) is 3.55. The maximum atomic E-state index is 13.1. The van der Waals surface area contributed by atoms with Gasteiger partial charge in [0.05, 0.1) is 37.6 Å². The summed E-state index contributed by atoms with van der Waals surface area (Å²) in [4.78, 5) is 15.4. The van der Waals surface area contributed by atoms with E-state index in [9.17, 15) is 4.79 Å². The Kier molecular flexibility index (Phi) is 6.35. The number of hydrogen-bond donors (Lipinski definition) is 1. The third-order valence-corrected chi connectivity index (χ3v) is 5.84. The first-order valence-corrected chi connectivity index (χ1v) is 10.5. The summed E-state index contributed by atoms with van der Waals surface area (Å²) in [5.74, 6) is 0.836. The van der Waals surface area contributed by atoms with Crippen molar-refractivity contribution in [3.05, 3.63) is 83.1 Å². The zero-order chi connectivity index (χ0) is 20.9. The van der Waals surface area contributed by atoms with Crippen molar-refractivity contribution in [2.24, 2.45) is 0 Å². The molecule has 3 aromatic rings. The van der Waals surface area contributed by atoms with Crippen LogP contribution in [0.3, 0.4) is 0 Å². The molecule has 30 heavy (non-hydrogen) atoms. The Morgan fingerprint density at radius 1 is 1.10 bits per heavy atom. The van der Waals surface area contributed by atoms with Crippen LogP contribution in [0, 0.1) is 13.8 Å². The molecule has 1 saturated heterocycles. The number of rotatable bonds is 7. The lowest BCUT2D eigenvalue weighted by Crippen LogP contribution is -2.43. The zero-order valence-corrected chi connectivity index (χ0v) is 17.6. The van der Waals surface area contributed by atoms with Crippen molar-refractivity contribution in [2.45, 2.75) is 26.4 Å². The van der Waals surface area contributed by atoms with Crippen LogP contribution < -0.4 is 5.32 Å². The molecule has 1 atom stereocenters. The summed E-state index contributed by atoms with van der Waals surface area (Å²) in [7, 11) is 0. The molecule has 0 radical (unpaired) electrons. The van der Waals surface area contributed by atoms with E-state index >= 15 is 0 Å². The Balaban J connectivity index is 1.48. The van der Waals surface area contributed by atoms with Gasteiger partial charge < -0.3 is 19.0 Å². The monoisotopic (exact) mass is 407 g/mol. The van der Waals surface area contributed by atoms with Crippen LogP contribution >= 0.6 is 0 Å². The molecule has 1 aliphatic rings. The molecule has 1 aromatic carbocycles. The Labute approximate surface area is 177 Å². The van der Waals surface area contributed by atoms with Gasteiger partial charge in [-0.2, -0.15) is 0 Å². The highest BCUT2D eigenvalue weighted by molar-refractivity contribution is 5.95. The van der Waals surface area contributed by atoms with E-state index in [4.69, 9.17) is 9.15 Å². The van der Waals surface area contributed by atoms with E-state index in [1.807, 2.05) is 50.2 Å². The van der Waals surface area contributed by atoms with Gasteiger partial charge >= 0.3 is 0 Å². The summed E-state index contributed by atoms with van der Waals surface area (Å²) >= 11 is 0. The van der Waals surface area contributed by atoms with Gasteiger partial charge in [-0.25, -0.2) is 0 Å². The van der Waals surface area contributed by atoms with Crippen LogP contribution in [0.25, 0.3) is 0 Å². The third-order valence-electron chi connectivity index (χ3n) is 5.84. The normalized spacial score (nSPS) is 15.8. The number of aryl methyl sites for hydroxylation is 1. The quantitative estimate of drug-likeness (QED) is 0.651. The van der Waals surface area contributed by atoms with Gasteiger partial charge in [-0.05, 0) is 37.6 Å². The van der Waals surface area contributed by atoms with E-state index in [0.717, 1.165) is 43.5 Å². The minimum Gasteiger partial charge on any atom is -0.467 e. The first kappa shape index (κ1) is 20.4. The maximum absolute atomic E-state index is 13.1. The smallest absolute Gasteiger partial charge is 0.253 e. The van der Waals surface area contributed by atoms with E-state index in [1.165, 1.54) is 5.56 Å². The molecule has 0 bridgehead atoms. The van der Waals surface area contributed by atoms with Crippen molar-refractivity contribution in [3.8, 4) is 0 Å². The number of amides is 1. The van der Waals surface area contributed by atoms with Crippen LogP contribution in [0.4, 0.5) is 0 Å². The number of furan rings is 1. The number of carbonyl (C=O) groups excluding carboxylic acids is 1. The van der Waals surface area contributed by atoms with Crippen LogP contribution in [-0.2, 0) is 11.3 Å². The second-order valence-corrected chi connectivity index (χ2v) is 7.74. The first-order valence-electron chi connectivity index (χ1n) is 10.5. The fraction of sp³-hybridized carbons (Fsp3) is 0.375. The van der Waals surface area contributed by atoms with Crippen molar-refractivity contribution in [1.82, 2.24) is 14.8 Å². The second kappa shape index (κ2) is 9.32. The van der Waals surface area contributed by atoms with Gasteiger partial charge in [0.25, 0.3) is 5.91 Å². The average Bonchev–Trinajstić information content (AvgIpc) is 3.39. The standard InChI is InChI=1S/C24H29N3O3/c1-18-15-22(19(2)27(18)17-21-9-6-12-30-21)24(28)25-16-23(20-7-4-3-5-8-20)26-10-13-29-14-11-26/h3-9,12,15,23H,10-11,13-14,16-17H2,1-2H3,(H,25,28). The van der Waals surface area contributed by atoms with Crippen LogP contribution in [0.5, 0.6) is 0 Å². The van der Waals surface area contributed by atoms with Gasteiger partial charge in [0.1, 0.15) is 5.76 Å². The summed E-state index contributed by atoms with van der Waals surface area (Å²) in [6, 6.07) is 16.3. The highest BCUT2D eigenvalue weighted by Gasteiger charge is 2.24. The number of benzene rings is 1. The minimum absolute atomic E-state index is 0.0389. The summed E-state index contributed by atoms with van der Waals surface area (Å²) < 4.78 is 13.1. The highest BCUT2D eigenvalue weighted by Crippen LogP contribution is 2.22. The van der Waals surface area contributed by atoms with Crippen LogP contribution in [-0.4, -0.2) is 48.2 Å². The number of hydrogen-bond acceptors (Lipinski definition) is 4. The van der Waals surface area contributed by atoms with Crippen molar-refractivity contribution >= 4 is 5.91 Å². The van der Waals surface area contributed by atoms with E-state index in [-0.39, 0.29) is 11.9 Å². The number of ether oxygens (including phenoxy) is 1. The van der Waals surface area contributed by atoms with Crippen LogP contribution in [0.15, 0.2) is 59.2 Å². The lowest BCUT2D eigenvalue weighted by Gasteiger charge is -2.35. The van der Waals surface area contributed by atoms with Gasteiger partial charge in [-0.3, -0.25) is 9.69 Å². The minimum atomic E-state index is -0.0389. The van der Waals surface area contributed by atoms with Gasteiger partial charge in [0.2, 0.25) is 0 Å². The molecule has 1 amide bonds. The molecule has 158 valence electrons. The third kappa shape index (κ3) is 4.50. The van der Waals surface area contributed by atoms with Crippen molar-refractivity contribution in [2.75, 3.05) is 32.8 Å². The molecule has 3 heterocycles. The molecular weight excluding hydrogens is 378 g/mol. The number of aromatic nitrogens is 1. The molecule has 1 aliphatic heterocycles. The Morgan fingerprint density at radius 2 is 1.87 bits per heavy atom. The molecule has 1 fully saturated rings. The van der Waals surface area contributed by atoms with Crippen molar-refractivity contribution < 1.29 is 13.9 Å². The van der Waals surface area contributed by atoms with Crippen molar-refractivity contribution in [3.63, 3.8) is 0 Å². The van der Waals surface area contributed by atoms with Gasteiger partial charge in [-0.15, -0.1) is 0 Å². The van der Waals surface area contributed by atoms with E-state index < -0.39 is 0 Å². The van der Waals surface area contributed by atoms with E-state index in [2.05, 4.69) is 26.9 Å². The fourth-order valence-electron chi connectivity index (χ4n) is 4.14. The van der Waals surface area contributed by atoms with Crippen LogP contribution in [0.1, 0.15) is 39.1 Å². The second-order valence-electron chi connectivity index (χ2n) is 7.74. The SMILES string of the molecule is Cc1cc(C(=O)NCC(c2ccccc2)N2CCOCC2)c(C)n1Cc1ccco1. The predicted molar refractivity (Wildman–Crippen MR) is 116 cm³/mol. The molecule has 4 rings (SSSR count). The molecular formula is C24H29N3O3. The Hall–Kier alpha value is -2.83. The highest BCUT2D eigenvalue weighted by atomic mass is 16.5. The molecule has 0 spiro atoms. The molecule has 2 aromatic heterocycles. The molecule has 1 unspecified atom stereocenters. The Bertz CT molecular complexity index is 957. The Morgan fingerprint density at radius 3 is 2.57 bits per heavy atom. The number of morpholine rings is 1. The molecule has 0 saturated carbocycles.